The summed E-state index contributed by atoms with van der Waals surface area (Å²) >= 11 is 0. The van der Waals surface area contributed by atoms with Gasteiger partial charge in [0.2, 0.25) is 0 Å². The molecular formula is C58H81N7O10. The summed E-state index contributed by atoms with van der Waals surface area (Å²) in [4.78, 5) is 62.7. The zero-order valence-electron chi connectivity index (χ0n) is 46.6. The predicted molar refractivity (Wildman–Crippen MR) is 297 cm³/mol. The number of ether oxygens (including phenoxy) is 4. The van der Waals surface area contributed by atoms with Crippen LogP contribution in [-0.4, -0.2) is 123 Å². The van der Waals surface area contributed by atoms with Gasteiger partial charge in [0.05, 0.1) is 32.1 Å². The van der Waals surface area contributed by atoms with Gasteiger partial charge in [-0.15, -0.1) is 0 Å². The molecule has 0 spiro atoms. The lowest BCUT2D eigenvalue weighted by molar-refractivity contribution is -0.140. The Bertz CT molecular complexity index is 2620. The van der Waals surface area contributed by atoms with E-state index in [2.05, 4.69) is 21.2 Å². The van der Waals surface area contributed by atoms with Crippen LogP contribution in [0.3, 0.4) is 0 Å². The third kappa shape index (κ3) is 21.3. The van der Waals surface area contributed by atoms with Gasteiger partial charge in [-0.25, -0.2) is 14.3 Å². The maximum Gasteiger partial charge on any atom is 0.358 e. The number of aliphatic hydroxyl groups is 1. The SMILES string of the molecule is CCO.CCOC(=O)/C(=C\N(C)C)C(=O)C(C)C.CCOC(=O)c1cc(C(C)C)n(-c2cc(C(=O)NC(C)COC)cc(-c3ccc(C)cc3)c2)n1.COCC(C)NC(=O)c1cc(NN)cc(-c2ccc(C)cc2)c1. The number of hydrogen-bond acceptors (Lipinski definition) is 14. The molecule has 0 aliphatic rings. The molecule has 2 amide bonds. The van der Waals surface area contributed by atoms with E-state index in [0.29, 0.717) is 35.7 Å². The molecule has 5 aromatic rings. The Labute approximate surface area is 444 Å². The number of nitrogens with zero attached hydrogens (tertiary/aromatic N) is 3. The van der Waals surface area contributed by atoms with Crippen molar-refractivity contribution in [1.82, 2.24) is 25.3 Å². The monoisotopic (exact) mass is 1040 g/mol. The topological polar surface area (TPSA) is 226 Å². The third-order valence-corrected chi connectivity index (χ3v) is 10.6. The quantitative estimate of drug-likeness (QED) is 0.0123. The zero-order valence-corrected chi connectivity index (χ0v) is 46.6. The second kappa shape index (κ2) is 32.9. The number of methoxy groups -OCH3 is 2. The average molecular weight is 1040 g/mol. The van der Waals surface area contributed by atoms with Crippen LogP contribution in [0.4, 0.5) is 5.69 Å². The third-order valence-electron chi connectivity index (χ3n) is 10.6. The number of aromatic nitrogens is 2. The van der Waals surface area contributed by atoms with Crippen molar-refractivity contribution >= 4 is 35.2 Å². The van der Waals surface area contributed by atoms with Gasteiger partial charge < -0.3 is 45.0 Å². The largest absolute Gasteiger partial charge is 0.462 e. The summed E-state index contributed by atoms with van der Waals surface area (Å²) in [7, 11) is 6.72. The highest BCUT2D eigenvalue weighted by molar-refractivity contribution is 6.17. The van der Waals surface area contributed by atoms with Gasteiger partial charge in [-0.05, 0) is 119 Å². The van der Waals surface area contributed by atoms with Gasteiger partial charge >= 0.3 is 11.9 Å². The number of amides is 2. The minimum Gasteiger partial charge on any atom is -0.462 e. The number of esters is 2. The fraction of sp³-hybridized carbons (Fsp3) is 0.414. The molecule has 0 aliphatic carbocycles. The summed E-state index contributed by atoms with van der Waals surface area (Å²) in [5, 5.41) is 18.0. The Morgan fingerprint density at radius 1 is 0.680 bits per heavy atom. The zero-order chi connectivity index (χ0) is 56.4. The molecule has 17 nitrogen and oxygen atoms in total. The van der Waals surface area contributed by atoms with Crippen LogP contribution in [0.15, 0.2) is 103 Å². The van der Waals surface area contributed by atoms with Crippen molar-refractivity contribution in [1.29, 1.82) is 0 Å². The number of benzene rings is 4. The minimum absolute atomic E-state index is 0.0650. The van der Waals surface area contributed by atoms with Crippen molar-refractivity contribution in [2.75, 3.05) is 66.8 Å². The summed E-state index contributed by atoms with van der Waals surface area (Å²) in [6.45, 7) is 22.3. The Morgan fingerprint density at radius 2 is 1.15 bits per heavy atom. The van der Waals surface area contributed by atoms with E-state index in [4.69, 9.17) is 29.9 Å². The van der Waals surface area contributed by atoms with Crippen LogP contribution in [0.5, 0.6) is 0 Å². The van der Waals surface area contributed by atoms with Crippen LogP contribution in [-0.2, 0) is 28.5 Å². The molecule has 0 fully saturated rings. The lowest BCUT2D eigenvalue weighted by Gasteiger charge is -2.16. The second-order valence-electron chi connectivity index (χ2n) is 18.4. The Hall–Kier alpha value is -7.18. The van der Waals surface area contributed by atoms with Crippen molar-refractivity contribution in [3.8, 4) is 27.9 Å². The van der Waals surface area contributed by atoms with Crippen molar-refractivity contribution in [3.05, 3.63) is 136 Å². The number of ketones is 1. The minimum atomic E-state index is -0.551. The maximum atomic E-state index is 13.1. The summed E-state index contributed by atoms with van der Waals surface area (Å²) in [5.74, 6) is 3.85. The number of carbonyl (C=O) groups excluding carboxylic acids is 5. The van der Waals surface area contributed by atoms with Crippen LogP contribution >= 0.6 is 0 Å². The van der Waals surface area contributed by atoms with E-state index in [9.17, 15) is 24.0 Å². The Morgan fingerprint density at radius 3 is 1.56 bits per heavy atom. The number of anilines is 1. The van der Waals surface area contributed by atoms with Gasteiger partial charge in [0.1, 0.15) is 5.57 Å². The number of Topliss-reactive ketones (excluding diaryl/α,β-unsaturated/α-hetero) is 1. The molecule has 6 N–H and O–H groups in total. The molecule has 0 radical (unpaired) electrons. The first kappa shape index (κ1) is 63.9. The van der Waals surface area contributed by atoms with E-state index in [1.54, 1.807) is 90.7 Å². The highest BCUT2D eigenvalue weighted by Gasteiger charge is 2.23. The molecule has 1 heterocycles. The van der Waals surface area contributed by atoms with Crippen molar-refractivity contribution < 1.29 is 48.0 Å². The lowest BCUT2D eigenvalue weighted by Crippen LogP contribution is -2.35. The van der Waals surface area contributed by atoms with E-state index >= 15 is 0 Å². The molecule has 0 saturated heterocycles. The fourth-order valence-electron chi connectivity index (χ4n) is 7.04. The number of nitrogen functional groups attached to an aromatic ring is 1. The number of nitrogens with two attached hydrogens (primary N) is 1. The summed E-state index contributed by atoms with van der Waals surface area (Å²) in [5.41, 5.74) is 12.4. The molecule has 0 bridgehead atoms. The van der Waals surface area contributed by atoms with Gasteiger partial charge in [0.15, 0.2) is 11.5 Å². The number of rotatable bonds is 20. The van der Waals surface area contributed by atoms with E-state index in [1.165, 1.54) is 11.8 Å². The number of aliphatic hydroxyl groups excluding tert-OH is 1. The molecule has 2 unspecified atom stereocenters. The fourth-order valence-corrected chi connectivity index (χ4v) is 7.04. The average Bonchev–Trinajstić information content (AvgIpc) is 3.83. The summed E-state index contributed by atoms with van der Waals surface area (Å²) < 4.78 is 21.9. The van der Waals surface area contributed by atoms with Crippen LogP contribution in [0.2, 0.25) is 0 Å². The second-order valence-corrected chi connectivity index (χ2v) is 18.4. The van der Waals surface area contributed by atoms with E-state index in [-0.39, 0.29) is 72.6 Å². The molecule has 75 heavy (non-hydrogen) atoms. The predicted octanol–water partition coefficient (Wildman–Crippen LogP) is 8.84. The smallest absolute Gasteiger partial charge is 0.358 e. The molecular weight excluding hydrogens is 955 g/mol. The van der Waals surface area contributed by atoms with Gasteiger partial charge in [-0.2, -0.15) is 5.10 Å². The van der Waals surface area contributed by atoms with E-state index in [0.717, 1.165) is 33.5 Å². The molecule has 17 heteroatoms. The molecule has 0 saturated carbocycles. The Balaban J connectivity index is 0.000000406. The summed E-state index contributed by atoms with van der Waals surface area (Å²) in [6.07, 6.45) is 1.50. The summed E-state index contributed by atoms with van der Waals surface area (Å²) in [6, 6.07) is 29.0. The number of carbonyl (C=O) groups is 5. The van der Waals surface area contributed by atoms with E-state index < -0.39 is 11.9 Å². The number of hydrazine groups is 1. The number of hydrogen-bond donors (Lipinski definition) is 5. The Kier molecular flexibility index (Phi) is 28.0. The van der Waals surface area contributed by atoms with Gasteiger partial charge in [0.25, 0.3) is 11.8 Å². The van der Waals surface area contributed by atoms with Crippen molar-refractivity contribution in [2.24, 2.45) is 11.8 Å². The van der Waals surface area contributed by atoms with Crippen molar-refractivity contribution in [3.63, 3.8) is 0 Å². The highest BCUT2D eigenvalue weighted by Crippen LogP contribution is 2.29. The normalized spacial score (nSPS) is 11.6. The molecule has 1 aromatic heterocycles. The molecule has 408 valence electrons. The van der Waals surface area contributed by atoms with Gasteiger partial charge in [-0.3, -0.25) is 20.2 Å². The molecule has 0 aliphatic heterocycles. The first-order chi connectivity index (χ1) is 35.6. The van der Waals surface area contributed by atoms with Crippen LogP contribution in [0, 0.1) is 19.8 Å². The number of nitrogens with one attached hydrogen (secondary N) is 3. The molecule has 4 aromatic carbocycles. The van der Waals surface area contributed by atoms with Crippen LogP contribution in [0.25, 0.3) is 27.9 Å². The maximum absolute atomic E-state index is 13.1. The van der Waals surface area contributed by atoms with Gasteiger partial charge in [0, 0.05) is 81.6 Å². The van der Waals surface area contributed by atoms with Crippen LogP contribution in [0.1, 0.15) is 116 Å². The molecule has 5 rings (SSSR count). The van der Waals surface area contributed by atoms with Crippen molar-refractivity contribution in [2.45, 2.75) is 94.2 Å². The molecule has 2 atom stereocenters. The van der Waals surface area contributed by atoms with E-state index in [1.807, 2.05) is 114 Å². The first-order valence-corrected chi connectivity index (χ1v) is 25.1. The van der Waals surface area contributed by atoms with Gasteiger partial charge in [-0.1, -0.05) is 87.4 Å². The lowest BCUT2D eigenvalue weighted by atomic mass is 10.00. The van der Waals surface area contributed by atoms with Crippen LogP contribution < -0.4 is 21.9 Å². The number of aryl methyl sites for hydroxylation is 2. The first-order valence-electron chi connectivity index (χ1n) is 25.1. The standard InChI is InChI=1S/C27H33N3O4.C18H23N3O2.C11H19NO3.C2H6O/c1-7-34-27(32)24-15-25(17(2)3)30(29-24)23-13-21(20-10-8-18(4)9-11-20)12-22(14-23)26(31)28-19(5)16-33-6;1-12-4-6-14(7-5-12)15-8-16(10-17(9-15)21-19)18(22)20-13(2)11-23-3;1-6-15-11(14)9(7-12(4)5)10(13)8(2)3;1-2-3/h8-15,17,19H,7,16H2,1-6H3,(H,28,31);4-10,13,21H,11,19H2,1-3H3,(H,20,22);7-8H,6H2,1-5H3;3H,2H2,1H3/b;;9-7-;. The highest BCUT2D eigenvalue weighted by atomic mass is 16.5.